The van der Waals surface area contributed by atoms with Gasteiger partial charge in [0.1, 0.15) is 17.4 Å². The second kappa shape index (κ2) is 8.32. The van der Waals surface area contributed by atoms with E-state index in [2.05, 4.69) is 10.3 Å². The number of hydrogen-bond acceptors (Lipinski definition) is 7. The fourth-order valence-electron chi connectivity index (χ4n) is 3.43. The lowest BCUT2D eigenvalue weighted by Crippen LogP contribution is -2.45. The van der Waals surface area contributed by atoms with Gasteiger partial charge in [0, 0.05) is 25.5 Å². The molecule has 2 amide bonds. The van der Waals surface area contributed by atoms with E-state index in [1.165, 1.54) is 47.5 Å². The highest BCUT2D eigenvalue weighted by Gasteiger charge is 2.36. The van der Waals surface area contributed by atoms with Crippen molar-refractivity contribution in [1.29, 1.82) is 5.26 Å². The molecule has 1 unspecified atom stereocenters. The van der Waals surface area contributed by atoms with Crippen molar-refractivity contribution in [2.75, 3.05) is 16.9 Å². The zero-order chi connectivity index (χ0) is 23.0. The molecule has 0 aliphatic carbocycles. The van der Waals surface area contributed by atoms with Gasteiger partial charge in [-0.1, -0.05) is 0 Å². The number of anilines is 1. The first-order chi connectivity index (χ1) is 15.3. The summed E-state index contributed by atoms with van der Waals surface area (Å²) in [5.74, 6) is -0.0972. The van der Waals surface area contributed by atoms with Crippen LogP contribution in [-0.4, -0.2) is 48.5 Å². The van der Waals surface area contributed by atoms with E-state index in [4.69, 9.17) is 5.26 Å². The molecule has 1 aliphatic rings. The molecular formula is C21H18N6O4S. The smallest absolute Gasteiger partial charge is 0.324 e. The van der Waals surface area contributed by atoms with Crippen molar-refractivity contribution >= 4 is 40.3 Å². The number of thioether (sulfide) groups is 1. The number of carbonyl (C=O) groups is 2. The van der Waals surface area contributed by atoms with Gasteiger partial charge in [0.15, 0.2) is 0 Å². The Balaban J connectivity index is 1.61. The van der Waals surface area contributed by atoms with Crippen LogP contribution >= 0.6 is 11.8 Å². The number of nitrogens with zero attached hydrogens (tertiary/aromatic N) is 5. The quantitative estimate of drug-likeness (QED) is 0.620. The van der Waals surface area contributed by atoms with Crippen LogP contribution in [0.2, 0.25) is 0 Å². The molecule has 11 heteroatoms. The number of aromatic nitrogens is 3. The van der Waals surface area contributed by atoms with Crippen molar-refractivity contribution < 1.29 is 9.59 Å². The summed E-state index contributed by atoms with van der Waals surface area (Å²) in [7, 11) is 2.85. The summed E-state index contributed by atoms with van der Waals surface area (Å²) in [6.07, 6.45) is 0. The summed E-state index contributed by atoms with van der Waals surface area (Å²) in [4.78, 5) is 56.2. The Morgan fingerprint density at radius 1 is 1.12 bits per heavy atom. The molecule has 0 saturated carbocycles. The fourth-order valence-corrected chi connectivity index (χ4v) is 4.59. The Morgan fingerprint density at radius 3 is 2.53 bits per heavy atom. The molecule has 0 spiro atoms. The van der Waals surface area contributed by atoms with Crippen LogP contribution in [0.3, 0.4) is 0 Å². The molecule has 1 fully saturated rings. The molecule has 1 saturated heterocycles. The molecule has 3 heterocycles. The third-order valence-corrected chi connectivity index (χ3v) is 6.26. The first-order valence-corrected chi connectivity index (χ1v) is 10.7. The minimum absolute atomic E-state index is 0.0411. The number of fused-ring (bicyclic) bond motifs is 1. The van der Waals surface area contributed by atoms with E-state index in [0.29, 0.717) is 22.9 Å². The monoisotopic (exact) mass is 450 g/mol. The molecule has 1 aliphatic heterocycles. The number of carbonyl (C=O) groups excluding carboxylic acids is 2. The molecule has 10 nitrogen and oxygen atoms in total. The second-order valence-electron chi connectivity index (χ2n) is 7.24. The van der Waals surface area contributed by atoms with Gasteiger partial charge in [0.05, 0.1) is 22.9 Å². The van der Waals surface area contributed by atoms with Gasteiger partial charge in [0.2, 0.25) is 5.91 Å². The Kier molecular flexibility index (Phi) is 5.54. The molecular weight excluding hydrogens is 432 g/mol. The van der Waals surface area contributed by atoms with Crippen molar-refractivity contribution in [2.45, 2.75) is 6.04 Å². The SMILES string of the molecule is Cn1c(=O)c2ccc(C(=O)N3CSCC3C(=O)Nc3ccc(C#N)cc3)nc2n(C)c1=O. The van der Waals surface area contributed by atoms with Crippen molar-refractivity contribution in [1.82, 2.24) is 19.0 Å². The van der Waals surface area contributed by atoms with Gasteiger partial charge in [-0.25, -0.2) is 9.78 Å². The lowest BCUT2D eigenvalue weighted by Gasteiger charge is -2.23. The van der Waals surface area contributed by atoms with Gasteiger partial charge in [-0.05, 0) is 36.4 Å². The van der Waals surface area contributed by atoms with E-state index in [0.717, 1.165) is 4.57 Å². The fraction of sp³-hybridized carbons (Fsp3) is 0.238. The topological polar surface area (TPSA) is 130 Å². The molecule has 0 radical (unpaired) electrons. The normalized spacial score (nSPS) is 15.5. The van der Waals surface area contributed by atoms with Crippen LogP contribution in [0.25, 0.3) is 11.0 Å². The van der Waals surface area contributed by atoms with Crippen molar-refractivity contribution in [3.8, 4) is 6.07 Å². The third-order valence-electron chi connectivity index (χ3n) is 5.25. The average molecular weight is 450 g/mol. The Morgan fingerprint density at radius 2 is 1.84 bits per heavy atom. The van der Waals surface area contributed by atoms with Crippen LogP contribution < -0.4 is 16.6 Å². The van der Waals surface area contributed by atoms with E-state index in [1.807, 2.05) is 6.07 Å². The van der Waals surface area contributed by atoms with Crippen LogP contribution in [0.1, 0.15) is 16.1 Å². The maximum absolute atomic E-state index is 13.2. The van der Waals surface area contributed by atoms with Crippen LogP contribution in [0.15, 0.2) is 46.0 Å². The number of benzene rings is 1. The number of nitrogens with one attached hydrogen (secondary N) is 1. The highest BCUT2D eigenvalue weighted by Crippen LogP contribution is 2.24. The molecule has 2 aromatic heterocycles. The molecule has 0 bridgehead atoms. The Bertz CT molecular complexity index is 1400. The first kappa shape index (κ1) is 21.3. The minimum atomic E-state index is -0.715. The van der Waals surface area contributed by atoms with E-state index >= 15 is 0 Å². The van der Waals surface area contributed by atoms with Crippen LogP contribution in [0, 0.1) is 11.3 Å². The molecule has 3 aromatic rings. The maximum atomic E-state index is 13.2. The van der Waals surface area contributed by atoms with Gasteiger partial charge >= 0.3 is 5.69 Å². The van der Waals surface area contributed by atoms with Gasteiger partial charge in [-0.15, -0.1) is 11.8 Å². The summed E-state index contributed by atoms with van der Waals surface area (Å²) >= 11 is 1.44. The van der Waals surface area contributed by atoms with Crippen molar-refractivity contribution in [2.24, 2.45) is 14.1 Å². The average Bonchev–Trinajstić information content (AvgIpc) is 3.31. The van der Waals surface area contributed by atoms with E-state index in [9.17, 15) is 19.2 Å². The highest BCUT2D eigenvalue weighted by atomic mass is 32.2. The molecule has 1 N–H and O–H groups in total. The highest BCUT2D eigenvalue weighted by molar-refractivity contribution is 7.99. The molecule has 1 atom stereocenters. The van der Waals surface area contributed by atoms with Crippen LogP contribution in [-0.2, 0) is 18.9 Å². The molecule has 1 aromatic carbocycles. The third kappa shape index (κ3) is 3.65. The number of nitriles is 1. The van der Waals surface area contributed by atoms with Gasteiger partial charge in [-0.2, -0.15) is 5.26 Å². The van der Waals surface area contributed by atoms with E-state index < -0.39 is 23.2 Å². The summed E-state index contributed by atoms with van der Waals surface area (Å²) in [5.41, 5.74) is 0.103. The molecule has 4 rings (SSSR count). The van der Waals surface area contributed by atoms with Crippen LogP contribution in [0.5, 0.6) is 0 Å². The predicted octanol–water partition coefficient (Wildman–Crippen LogP) is 0.658. The standard InChI is InChI=1S/C21H18N6O4S/c1-25-17-14(19(29)26(2)21(25)31)7-8-15(24-17)20(30)27-11-32-10-16(27)18(28)23-13-5-3-12(9-22)4-6-13/h3-8,16H,10-11H2,1-2H3,(H,23,28). The minimum Gasteiger partial charge on any atom is -0.324 e. The maximum Gasteiger partial charge on any atom is 0.332 e. The summed E-state index contributed by atoms with van der Waals surface area (Å²) in [6.45, 7) is 0. The number of aryl methyl sites for hydroxylation is 1. The Hall–Kier alpha value is -3.91. The number of amides is 2. The lowest BCUT2D eigenvalue weighted by molar-refractivity contribution is -0.119. The predicted molar refractivity (Wildman–Crippen MR) is 119 cm³/mol. The summed E-state index contributed by atoms with van der Waals surface area (Å²) in [6, 6.07) is 10.6. The Labute approximate surface area is 186 Å². The first-order valence-electron chi connectivity index (χ1n) is 9.58. The van der Waals surface area contributed by atoms with E-state index in [1.54, 1.807) is 24.3 Å². The summed E-state index contributed by atoms with van der Waals surface area (Å²) < 4.78 is 2.19. The van der Waals surface area contributed by atoms with Crippen molar-refractivity contribution in [3.05, 3.63) is 68.5 Å². The van der Waals surface area contributed by atoms with Crippen LogP contribution in [0.4, 0.5) is 5.69 Å². The van der Waals surface area contributed by atoms with Crippen molar-refractivity contribution in [3.63, 3.8) is 0 Å². The van der Waals surface area contributed by atoms with E-state index in [-0.39, 0.29) is 22.6 Å². The summed E-state index contributed by atoms with van der Waals surface area (Å²) in [5, 5.41) is 11.9. The van der Waals surface area contributed by atoms with Gasteiger partial charge in [-0.3, -0.25) is 23.5 Å². The molecule has 32 heavy (non-hydrogen) atoms. The zero-order valence-electron chi connectivity index (χ0n) is 17.2. The van der Waals surface area contributed by atoms with Gasteiger partial charge in [0.25, 0.3) is 11.5 Å². The lowest BCUT2D eigenvalue weighted by atomic mass is 10.2. The number of hydrogen-bond donors (Lipinski definition) is 1. The zero-order valence-corrected chi connectivity index (χ0v) is 18.0. The second-order valence-corrected chi connectivity index (χ2v) is 8.24. The molecule has 162 valence electrons. The largest absolute Gasteiger partial charge is 0.332 e. The number of pyridine rings is 1. The van der Waals surface area contributed by atoms with Gasteiger partial charge < -0.3 is 10.2 Å². The number of rotatable bonds is 3.